The van der Waals surface area contributed by atoms with E-state index in [1.165, 1.54) is 10.5 Å². The highest BCUT2D eigenvalue weighted by molar-refractivity contribution is 7.89. The Hall–Kier alpha value is -0.630. The normalized spacial score (nSPS) is 19.2. The molecular weight excluding hydrogens is 276 g/mol. The third-order valence-corrected chi connectivity index (χ3v) is 5.31. The number of alkyl halides is 1. The van der Waals surface area contributed by atoms with E-state index >= 15 is 0 Å². The number of hydrogen-bond donors (Lipinski definition) is 1. The standard InChI is InChI=1S/C10H17ClN4O2S/c1-9-10(8-12-13-9)18(16,17)15-6-4-14(3-2-11)5-7-15/h8H,2-7H2,1H3,(H,12,13). The summed E-state index contributed by atoms with van der Waals surface area (Å²) in [6.07, 6.45) is 1.37. The number of rotatable bonds is 4. The van der Waals surface area contributed by atoms with Crippen molar-refractivity contribution in [1.29, 1.82) is 0 Å². The van der Waals surface area contributed by atoms with E-state index in [1.807, 2.05) is 0 Å². The largest absolute Gasteiger partial charge is 0.300 e. The Morgan fingerprint density at radius 1 is 1.39 bits per heavy atom. The fraction of sp³-hybridized carbons (Fsp3) is 0.700. The molecule has 0 aliphatic carbocycles. The molecule has 0 saturated carbocycles. The monoisotopic (exact) mass is 292 g/mol. The molecule has 0 aromatic carbocycles. The Balaban J connectivity index is 2.08. The van der Waals surface area contributed by atoms with Crippen molar-refractivity contribution in [3.8, 4) is 0 Å². The zero-order valence-corrected chi connectivity index (χ0v) is 11.8. The van der Waals surface area contributed by atoms with E-state index in [2.05, 4.69) is 15.1 Å². The van der Waals surface area contributed by atoms with E-state index in [0.717, 1.165) is 19.6 Å². The number of sulfonamides is 1. The Labute approximate surface area is 112 Å². The Morgan fingerprint density at radius 3 is 2.56 bits per heavy atom. The molecule has 1 fully saturated rings. The van der Waals surface area contributed by atoms with E-state index in [9.17, 15) is 8.42 Å². The van der Waals surface area contributed by atoms with Crippen molar-refractivity contribution < 1.29 is 8.42 Å². The summed E-state index contributed by atoms with van der Waals surface area (Å²) >= 11 is 5.68. The molecule has 102 valence electrons. The first kappa shape index (κ1) is 13.8. The van der Waals surface area contributed by atoms with Crippen LogP contribution in [0.5, 0.6) is 0 Å². The van der Waals surface area contributed by atoms with E-state index in [1.54, 1.807) is 6.92 Å². The van der Waals surface area contributed by atoms with Crippen molar-refractivity contribution in [2.75, 3.05) is 38.6 Å². The number of nitrogens with one attached hydrogen (secondary N) is 1. The molecule has 1 N–H and O–H groups in total. The molecule has 1 aliphatic heterocycles. The number of aryl methyl sites for hydroxylation is 1. The van der Waals surface area contributed by atoms with Gasteiger partial charge in [-0.3, -0.25) is 10.00 Å². The first-order chi connectivity index (χ1) is 8.55. The summed E-state index contributed by atoms with van der Waals surface area (Å²) in [5, 5.41) is 6.43. The van der Waals surface area contributed by atoms with Crippen LogP contribution in [0, 0.1) is 6.92 Å². The average Bonchev–Trinajstić information content (AvgIpc) is 2.77. The minimum Gasteiger partial charge on any atom is -0.300 e. The maximum atomic E-state index is 12.4. The van der Waals surface area contributed by atoms with Crippen LogP contribution in [0.25, 0.3) is 0 Å². The second-order valence-electron chi connectivity index (χ2n) is 4.29. The second-order valence-corrected chi connectivity index (χ2v) is 6.58. The van der Waals surface area contributed by atoms with Crippen molar-refractivity contribution in [2.24, 2.45) is 0 Å². The molecule has 2 rings (SSSR count). The summed E-state index contributed by atoms with van der Waals surface area (Å²) < 4.78 is 26.2. The second kappa shape index (κ2) is 5.56. The minimum absolute atomic E-state index is 0.272. The van der Waals surface area contributed by atoms with Crippen molar-refractivity contribution in [1.82, 2.24) is 19.4 Å². The predicted molar refractivity (Wildman–Crippen MR) is 69.2 cm³/mol. The molecule has 18 heavy (non-hydrogen) atoms. The van der Waals surface area contributed by atoms with Crippen LogP contribution in [-0.2, 0) is 10.0 Å². The summed E-state index contributed by atoms with van der Waals surface area (Å²) in [4.78, 5) is 2.44. The lowest BCUT2D eigenvalue weighted by Gasteiger charge is -2.33. The third-order valence-electron chi connectivity index (χ3n) is 3.13. The van der Waals surface area contributed by atoms with Gasteiger partial charge in [-0.25, -0.2) is 8.42 Å². The number of aromatic nitrogens is 2. The summed E-state index contributed by atoms with van der Waals surface area (Å²) in [5.41, 5.74) is 0.582. The van der Waals surface area contributed by atoms with Crippen LogP contribution in [0.1, 0.15) is 5.69 Å². The predicted octanol–water partition coefficient (Wildman–Crippen LogP) is 0.263. The van der Waals surface area contributed by atoms with Crippen molar-refractivity contribution in [2.45, 2.75) is 11.8 Å². The molecule has 1 aliphatic rings. The number of hydrogen-bond acceptors (Lipinski definition) is 4. The molecule has 2 heterocycles. The van der Waals surface area contributed by atoms with Crippen LogP contribution in [0.4, 0.5) is 0 Å². The van der Waals surface area contributed by atoms with Crippen LogP contribution in [0.3, 0.4) is 0 Å². The third kappa shape index (κ3) is 2.69. The quantitative estimate of drug-likeness (QED) is 0.809. The lowest BCUT2D eigenvalue weighted by molar-refractivity contribution is 0.197. The van der Waals surface area contributed by atoms with Gasteiger partial charge in [0.1, 0.15) is 4.90 Å². The molecule has 1 aromatic rings. The lowest BCUT2D eigenvalue weighted by atomic mass is 10.4. The molecule has 0 bridgehead atoms. The highest BCUT2D eigenvalue weighted by Gasteiger charge is 2.30. The van der Waals surface area contributed by atoms with Gasteiger partial charge in [-0.15, -0.1) is 11.6 Å². The Kier molecular flexibility index (Phi) is 4.26. The SMILES string of the molecule is Cc1[nH]ncc1S(=O)(=O)N1CCN(CCCl)CC1. The van der Waals surface area contributed by atoms with E-state index < -0.39 is 10.0 Å². The topological polar surface area (TPSA) is 69.3 Å². The minimum atomic E-state index is -3.41. The molecule has 0 atom stereocenters. The van der Waals surface area contributed by atoms with Crippen molar-refractivity contribution in [3.05, 3.63) is 11.9 Å². The van der Waals surface area contributed by atoms with Gasteiger partial charge >= 0.3 is 0 Å². The van der Waals surface area contributed by atoms with Gasteiger partial charge in [0.2, 0.25) is 10.0 Å². The summed E-state index contributed by atoms with van der Waals surface area (Å²) in [6, 6.07) is 0. The van der Waals surface area contributed by atoms with Gasteiger partial charge in [-0.1, -0.05) is 0 Å². The zero-order chi connectivity index (χ0) is 13.2. The number of H-pyrrole nitrogens is 1. The first-order valence-electron chi connectivity index (χ1n) is 5.84. The Morgan fingerprint density at radius 2 is 2.06 bits per heavy atom. The Bertz CT molecular complexity index is 494. The van der Waals surface area contributed by atoms with Crippen LogP contribution in [0.2, 0.25) is 0 Å². The van der Waals surface area contributed by atoms with Crippen LogP contribution >= 0.6 is 11.6 Å². The smallest absolute Gasteiger partial charge is 0.246 e. The lowest BCUT2D eigenvalue weighted by Crippen LogP contribution is -2.49. The van der Waals surface area contributed by atoms with Crippen LogP contribution in [-0.4, -0.2) is 66.4 Å². The van der Waals surface area contributed by atoms with Gasteiger partial charge in [0, 0.05) is 38.6 Å². The number of nitrogens with zero attached hydrogens (tertiary/aromatic N) is 3. The maximum Gasteiger partial charge on any atom is 0.246 e. The highest BCUT2D eigenvalue weighted by atomic mass is 35.5. The first-order valence-corrected chi connectivity index (χ1v) is 7.81. The average molecular weight is 293 g/mol. The van der Waals surface area contributed by atoms with Crippen LogP contribution < -0.4 is 0 Å². The number of aromatic amines is 1. The van der Waals surface area contributed by atoms with Gasteiger partial charge in [0.25, 0.3) is 0 Å². The number of piperazine rings is 1. The molecule has 6 nitrogen and oxygen atoms in total. The fourth-order valence-electron chi connectivity index (χ4n) is 2.05. The molecule has 1 aromatic heterocycles. The molecule has 1 saturated heterocycles. The molecule has 0 amide bonds. The molecular formula is C10H17ClN4O2S. The molecule has 0 radical (unpaired) electrons. The van der Waals surface area contributed by atoms with Gasteiger partial charge in [0.05, 0.1) is 11.9 Å². The van der Waals surface area contributed by atoms with Gasteiger partial charge in [-0.2, -0.15) is 9.40 Å². The van der Waals surface area contributed by atoms with Gasteiger partial charge < -0.3 is 0 Å². The van der Waals surface area contributed by atoms with Crippen LogP contribution in [0.15, 0.2) is 11.1 Å². The fourth-order valence-corrected chi connectivity index (χ4v) is 3.83. The van der Waals surface area contributed by atoms with Crippen molar-refractivity contribution >= 4 is 21.6 Å². The van der Waals surface area contributed by atoms with E-state index in [0.29, 0.717) is 24.7 Å². The zero-order valence-electron chi connectivity index (χ0n) is 10.3. The van der Waals surface area contributed by atoms with E-state index in [4.69, 9.17) is 11.6 Å². The number of halogens is 1. The summed E-state index contributed by atoms with van der Waals surface area (Å²) in [5.74, 6) is 0.577. The summed E-state index contributed by atoms with van der Waals surface area (Å²) in [6.45, 7) is 4.98. The molecule has 0 unspecified atom stereocenters. The summed E-state index contributed by atoms with van der Waals surface area (Å²) in [7, 11) is -3.41. The van der Waals surface area contributed by atoms with Gasteiger partial charge in [0.15, 0.2) is 0 Å². The molecule has 8 heteroatoms. The van der Waals surface area contributed by atoms with Crippen molar-refractivity contribution in [3.63, 3.8) is 0 Å². The highest BCUT2D eigenvalue weighted by Crippen LogP contribution is 2.19. The van der Waals surface area contributed by atoms with Gasteiger partial charge in [-0.05, 0) is 6.92 Å². The maximum absolute atomic E-state index is 12.4. The van der Waals surface area contributed by atoms with E-state index in [-0.39, 0.29) is 4.90 Å². The molecule has 0 spiro atoms.